The molecule has 0 fully saturated rings. The number of hydrogen-bond donors (Lipinski definition) is 0. The predicted molar refractivity (Wildman–Crippen MR) is 132 cm³/mol. The van der Waals surface area contributed by atoms with Crippen LogP contribution in [0.2, 0.25) is 15.1 Å². The van der Waals surface area contributed by atoms with Gasteiger partial charge in [-0.2, -0.15) is 5.10 Å². The summed E-state index contributed by atoms with van der Waals surface area (Å²) in [6.07, 6.45) is 4.84. The molecule has 0 saturated carbocycles. The fourth-order valence-electron chi connectivity index (χ4n) is 3.82. The van der Waals surface area contributed by atoms with Crippen molar-refractivity contribution in [2.45, 2.75) is 56.9 Å². The Morgan fingerprint density at radius 3 is 2.44 bits per heavy atom. The number of carbonyl (C=O) groups excluding carboxylic acids is 1. The molecule has 172 valence electrons. The van der Waals surface area contributed by atoms with Gasteiger partial charge < -0.3 is 4.74 Å². The number of esters is 1. The van der Waals surface area contributed by atoms with Gasteiger partial charge in [-0.25, -0.2) is 14.6 Å². The fraction of sp³-hybridized carbons (Fsp3) is 0.455. The van der Waals surface area contributed by atoms with Crippen molar-refractivity contribution in [1.82, 2.24) is 19.7 Å². The molecule has 6 nitrogen and oxygen atoms in total. The molecule has 2 aromatic heterocycles. The maximum atomic E-state index is 12.3. The lowest BCUT2D eigenvalue weighted by atomic mass is 9.77. The van der Waals surface area contributed by atoms with Crippen molar-refractivity contribution < 1.29 is 9.53 Å². The first-order valence-electron chi connectivity index (χ1n) is 10.2. The molecule has 0 aliphatic heterocycles. The molecule has 0 radical (unpaired) electrons. The molecule has 0 saturated heterocycles. The topological polar surface area (TPSA) is 69.9 Å². The van der Waals surface area contributed by atoms with E-state index in [0.717, 1.165) is 35.4 Å². The van der Waals surface area contributed by atoms with E-state index in [-0.39, 0.29) is 12.4 Å². The number of unbranched alkanes of at least 4 members (excludes halogenated alkanes) is 1. The van der Waals surface area contributed by atoms with E-state index in [1.54, 1.807) is 16.8 Å². The van der Waals surface area contributed by atoms with E-state index in [9.17, 15) is 4.79 Å². The highest BCUT2D eigenvalue weighted by atomic mass is 35.5. The molecule has 0 N–H and O–H groups in total. The minimum atomic E-state index is -0.555. The lowest BCUT2D eigenvalue weighted by molar-refractivity contribution is -0.142. The Hall–Kier alpha value is -1.54. The number of carbonyl (C=O) groups is 1. The van der Waals surface area contributed by atoms with Gasteiger partial charge in [0.05, 0.1) is 34.7 Å². The van der Waals surface area contributed by atoms with Gasteiger partial charge in [-0.1, -0.05) is 61.5 Å². The summed E-state index contributed by atoms with van der Waals surface area (Å²) in [5.74, 6) is 0.282. The summed E-state index contributed by atoms with van der Waals surface area (Å²) in [7, 11) is 1.40. The number of ether oxygens (including phenoxy) is 1. The highest BCUT2D eigenvalue weighted by Gasteiger charge is 2.36. The molecular formula is C22H25Cl3N4O2S. The molecule has 1 aromatic carbocycles. The molecule has 1 atom stereocenters. The number of thioether (sulfide) groups is 1. The first kappa shape index (κ1) is 25.1. The molecule has 1 unspecified atom stereocenters. The van der Waals surface area contributed by atoms with Crippen LogP contribution in [0.1, 0.15) is 51.0 Å². The minimum Gasteiger partial charge on any atom is -0.469 e. The average molecular weight is 516 g/mol. The standard InChI is InChI=1S/C22H25Cl3N4O2S/c1-6-7-8-22(3,11-16(30)31-4)19-17-20(27-12(2)26-19)29(28-21(17)32-5)18-14(24)9-13(23)10-15(18)25/h9-10H,6-8,11H2,1-5H3. The zero-order valence-corrected chi connectivity index (χ0v) is 21.7. The molecule has 2 heterocycles. The Kier molecular flexibility index (Phi) is 7.97. The van der Waals surface area contributed by atoms with Gasteiger partial charge in [0, 0.05) is 10.4 Å². The molecule has 0 aliphatic carbocycles. The number of nitrogens with zero attached hydrogens (tertiary/aromatic N) is 4. The van der Waals surface area contributed by atoms with Crippen molar-refractivity contribution in [2.75, 3.05) is 13.4 Å². The van der Waals surface area contributed by atoms with E-state index in [4.69, 9.17) is 49.6 Å². The summed E-state index contributed by atoms with van der Waals surface area (Å²) in [5.41, 5.74) is 1.29. The van der Waals surface area contributed by atoms with Crippen LogP contribution >= 0.6 is 46.6 Å². The quantitative estimate of drug-likeness (QED) is 0.242. The number of aryl methyl sites for hydroxylation is 1. The van der Waals surface area contributed by atoms with Crippen molar-refractivity contribution in [3.05, 3.63) is 38.7 Å². The molecular weight excluding hydrogens is 491 g/mol. The maximum absolute atomic E-state index is 12.3. The van der Waals surface area contributed by atoms with Crippen molar-refractivity contribution in [2.24, 2.45) is 0 Å². The Labute approximate surface area is 207 Å². The molecule has 32 heavy (non-hydrogen) atoms. The van der Waals surface area contributed by atoms with Crippen LogP contribution in [-0.4, -0.2) is 39.1 Å². The lowest BCUT2D eigenvalue weighted by Crippen LogP contribution is -2.28. The number of rotatable bonds is 8. The van der Waals surface area contributed by atoms with Crippen LogP contribution in [0, 0.1) is 6.92 Å². The number of benzene rings is 1. The third-order valence-corrected chi connectivity index (χ3v) is 6.88. The summed E-state index contributed by atoms with van der Waals surface area (Å²) >= 11 is 20.6. The van der Waals surface area contributed by atoms with Gasteiger partial charge in [-0.3, -0.25) is 4.79 Å². The first-order chi connectivity index (χ1) is 15.1. The third-order valence-electron chi connectivity index (χ3n) is 5.41. The van der Waals surface area contributed by atoms with Gasteiger partial charge in [0.25, 0.3) is 0 Å². The number of aromatic nitrogens is 4. The van der Waals surface area contributed by atoms with Gasteiger partial charge in [-0.15, -0.1) is 11.8 Å². The fourth-order valence-corrected chi connectivity index (χ4v) is 5.35. The van der Waals surface area contributed by atoms with Gasteiger partial charge >= 0.3 is 5.97 Å². The highest BCUT2D eigenvalue weighted by molar-refractivity contribution is 7.98. The van der Waals surface area contributed by atoms with Crippen LogP contribution in [0.25, 0.3) is 16.7 Å². The highest BCUT2D eigenvalue weighted by Crippen LogP contribution is 2.41. The smallest absolute Gasteiger partial charge is 0.306 e. The molecule has 0 amide bonds. The zero-order chi connectivity index (χ0) is 23.6. The van der Waals surface area contributed by atoms with Gasteiger partial charge in [0.15, 0.2) is 5.65 Å². The van der Waals surface area contributed by atoms with E-state index in [1.807, 2.05) is 20.1 Å². The predicted octanol–water partition coefficient (Wildman–Crippen LogP) is 6.82. The van der Waals surface area contributed by atoms with E-state index >= 15 is 0 Å². The lowest BCUT2D eigenvalue weighted by Gasteiger charge is -2.29. The van der Waals surface area contributed by atoms with E-state index in [1.165, 1.54) is 18.9 Å². The number of fused-ring (bicyclic) bond motifs is 1. The van der Waals surface area contributed by atoms with Crippen LogP contribution in [0.4, 0.5) is 0 Å². The Morgan fingerprint density at radius 1 is 1.22 bits per heavy atom. The van der Waals surface area contributed by atoms with E-state index in [2.05, 4.69) is 11.9 Å². The van der Waals surface area contributed by atoms with Crippen LogP contribution in [0.3, 0.4) is 0 Å². The van der Waals surface area contributed by atoms with Crippen molar-refractivity contribution in [3.8, 4) is 5.69 Å². The Morgan fingerprint density at radius 2 is 1.88 bits per heavy atom. The van der Waals surface area contributed by atoms with Crippen molar-refractivity contribution in [1.29, 1.82) is 0 Å². The van der Waals surface area contributed by atoms with E-state index in [0.29, 0.717) is 32.2 Å². The monoisotopic (exact) mass is 514 g/mol. The Balaban J connectivity index is 2.36. The number of hydrogen-bond acceptors (Lipinski definition) is 6. The molecule has 0 aliphatic rings. The summed E-state index contributed by atoms with van der Waals surface area (Å²) in [6, 6.07) is 3.24. The minimum absolute atomic E-state index is 0.205. The number of halogens is 3. The summed E-state index contributed by atoms with van der Waals surface area (Å²) < 4.78 is 6.65. The van der Waals surface area contributed by atoms with Crippen LogP contribution in [0.5, 0.6) is 0 Å². The van der Waals surface area contributed by atoms with Crippen molar-refractivity contribution in [3.63, 3.8) is 0 Å². The maximum Gasteiger partial charge on any atom is 0.306 e. The largest absolute Gasteiger partial charge is 0.469 e. The van der Waals surface area contributed by atoms with Crippen molar-refractivity contribution >= 4 is 63.6 Å². The number of methoxy groups -OCH3 is 1. The first-order valence-corrected chi connectivity index (χ1v) is 12.5. The molecule has 3 aromatic rings. The summed E-state index contributed by atoms with van der Waals surface area (Å²) in [4.78, 5) is 21.9. The summed E-state index contributed by atoms with van der Waals surface area (Å²) in [5, 5.41) is 7.44. The SMILES string of the molecule is CCCCC(C)(CC(=O)OC)c1nc(C)nc2c1c(SC)nn2-c1c(Cl)cc(Cl)cc1Cl. The van der Waals surface area contributed by atoms with E-state index < -0.39 is 5.41 Å². The second kappa shape index (κ2) is 10.2. The molecule has 3 rings (SSSR count). The Bertz CT molecular complexity index is 1140. The molecule has 10 heteroatoms. The normalized spacial score (nSPS) is 13.4. The van der Waals surface area contributed by atoms with Crippen LogP contribution < -0.4 is 0 Å². The molecule has 0 spiro atoms. The average Bonchev–Trinajstić information content (AvgIpc) is 3.08. The third kappa shape index (κ3) is 4.86. The second-order valence-electron chi connectivity index (χ2n) is 7.87. The van der Waals surface area contributed by atoms with Gasteiger partial charge in [0.2, 0.25) is 0 Å². The van der Waals surface area contributed by atoms with Gasteiger partial charge in [0.1, 0.15) is 16.5 Å². The molecule has 0 bridgehead atoms. The van der Waals surface area contributed by atoms with Crippen LogP contribution in [0.15, 0.2) is 17.2 Å². The van der Waals surface area contributed by atoms with Gasteiger partial charge in [-0.05, 0) is 31.7 Å². The second-order valence-corrected chi connectivity index (χ2v) is 9.92. The summed E-state index contributed by atoms with van der Waals surface area (Å²) in [6.45, 7) is 5.99. The zero-order valence-electron chi connectivity index (χ0n) is 18.6. The van der Waals surface area contributed by atoms with Crippen LogP contribution in [-0.2, 0) is 14.9 Å².